The Morgan fingerprint density at radius 2 is 1.35 bits per heavy atom. The molecule has 0 bridgehead atoms. The maximum atomic E-state index is 3.68. The summed E-state index contributed by atoms with van der Waals surface area (Å²) in [6.07, 6.45) is 0. The Labute approximate surface area is 128 Å². The number of nitrogens with one attached hydrogen (secondary N) is 1. The third-order valence-corrected chi connectivity index (χ3v) is 4.45. The van der Waals surface area contributed by atoms with E-state index >= 15 is 0 Å². The Kier molecular flexibility index (Phi) is 7.72. The monoisotopic (exact) mass is 285 g/mol. The molecule has 0 fully saturated rings. The summed E-state index contributed by atoms with van der Waals surface area (Å²) in [6, 6.07) is 1.18. The Hall–Kier alpha value is -0.120. The van der Waals surface area contributed by atoms with Crippen molar-refractivity contribution in [1.29, 1.82) is 0 Å². The molecule has 3 heteroatoms. The Morgan fingerprint density at radius 1 is 0.850 bits per heavy atom. The summed E-state index contributed by atoms with van der Waals surface area (Å²) in [4.78, 5) is 4.86. The van der Waals surface area contributed by atoms with Gasteiger partial charge in [-0.2, -0.15) is 0 Å². The van der Waals surface area contributed by atoms with Crippen LogP contribution in [0.5, 0.6) is 0 Å². The van der Waals surface area contributed by atoms with Crippen molar-refractivity contribution in [1.82, 2.24) is 15.1 Å². The van der Waals surface area contributed by atoms with Crippen LogP contribution in [-0.4, -0.2) is 61.2 Å². The third kappa shape index (κ3) is 7.05. The summed E-state index contributed by atoms with van der Waals surface area (Å²) in [5.41, 5.74) is 0.486. The van der Waals surface area contributed by atoms with Gasteiger partial charge in [0.15, 0.2) is 0 Å². The third-order valence-electron chi connectivity index (χ3n) is 4.45. The van der Waals surface area contributed by atoms with Crippen LogP contribution < -0.4 is 5.32 Å². The van der Waals surface area contributed by atoms with Crippen molar-refractivity contribution in [3.05, 3.63) is 0 Å². The molecule has 0 saturated heterocycles. The van der Waals surface area contributed by atoms with Crippen LogP contribution in [0.25, 0.3) is 0 Å². The minimum Gasteiger partial charge on any atom is -0.314 e. The fourth-order valence-electron chi connectivity index (χ4n) is 2.44. The molecule has 122 valence electrons. The Balaban J connectivity index is 4.28. The number of hydrogen-bond acceptors (Lipinski definition) is 3. The van der Waals surface area contributed by atoms with Gasteiger partial charge in [0.25, 0.3) is 0 Å². The van der Waals surface area contributed by atoms with E-state index < -0.39 is 0 Å². The molecule has 0 rings (SSSR count). The fourth-order valence-corrected chi connectivity index (χ4v) is 2.44. The molecule has 0 aliphatic rings. The molecule has 0 saturated carbocycles. The highest BCUT2D eigenvalue weighted by Crippen LogP contribution is 2.18. The smallest absolute Gasteiger partial charge is 0.0277 e. The number of likely N-dealkylation sites (N-methyl/N-ethyl adjacent to an activating group) is 1. The van der Waals surface area contributed by atoms with Crippen LogP contribution in [0, 0.1) is 5.41 Å². The lowest BCUT2D eigenvalue weighted by Crippen LogP contribution is -2.53. The molecule has 0 aromatic carbocycles. The topological polar surface area (TPSA) is 18.5 Å². The van der Waals surface area contributed by atoms with Crippen LogP contribution in [-0.2, 0) is 0 Å². The molecule has 20 heavy (non-hydrogen) atoms. The molecule has 3 nitrogen and oxygen atoms in total. The van der Waals surface area contributed by atoms with Crippen molar-refractivity contribution in [3.63, 3.8) is 0 Å². The highest BCUT2D eigenvalue weighted by molar-refractivity contribution is 4.85. The number of hydrogen-bond donors (Lipinski definition) is 1. The second-order valence-corrected chi connectivity index (χ2v) is 8.29. The maximum absolute atomic E-state index is 3.68. The van der Waals surface area contributed by atoms with E-state index in [9.17, 15) is 0 Å². The quantitative estimate of drug-likeness (QED) is 0.702. The fraction of sp³-hybridized carbons (Fsp3) is 1.00. The van der Waals surface area contributed by atoms with Crippen molar-refractivity contribution >= 4 is 0 Å². The van der Waals surface area contributed by atoms with Gasteiger partial charge in [0.05, 0.1) is 0 Å². The van der Waals surface area contributed by atoms with E-state index in [1.807, 2.05) is 0 Å². The second-order valence-electron chi connectivity index (χ2n) is 8.29. The molecule has 0 aromatic rings. The van der Waals surface area contributed by atoms with E-state index in [0.717, 1.165) is 19.6 Å². The summed E-state index contributed by atoms with van der Waals surface area (Å²) in [6.45, 7) is 21.5. The van der Waals surface area contributed by atoms with E-state index in [-0.39, 0.29) is 5.54 Å². The van der Waals surface area contributed by atoms with Gasteiger partial charge >= 0.3 is 0 Å². The molecule has 0 spiro atoms. The average Bonchev–Trinajstić information content (AvgIpc) is 2.26. The molecule has 1 N–H and O–H groups in total. The Morgan fingerprint density at radius 3 is 1.75 bits per heavy atom. The molecule has 0 radical (unpaired) electrons. The lowest BCUT2D eigenvalue weighted by atomic mass is 9.91. The predicted octanol–water partition coefficient (Wildman–Crippen LogP) is 3.06. The van der Waals surface area contributed by atoms with Crippen molar-refractivity contribution in [2.24, 2.45) is 5.41 Å². The highest BCUT2D eigenvalue weighted by Gasteiger charge is 2.27. The van der Waals surface area contributed by atoms with Crippen molar-refractivity contribution < 1.29 is 0 Å². The average molecular weight is 286 g/mol. The van der Waals surface area contributed by atoms with E-state index in [1.54, 1.807) is 0 Å². The summed E-state index contributed by atoms with van der Waals surface area (Å²) in [7, 11) is 4.42. The molecular formula is C17H39N3. The maximum Gasteiger partial charge on any atom is 0.0277 e. The first-order valence-electron chi connectivity index (χ1n) is 8.03. The zero-order chi connectivity index (χ0) is 16.1. The molecular weight excluding hydrogens is 246 g/mol. The number of rotatable bonds is 9. The zero-order valence-electron chi connectivity index (χ0n) is 15.7. The largest absolute Gasteiger partial charge is 0.314 e. The van der Waals surface area contributed by atoms with Gasteiger partial charge in [-0.15, -0.1) is 0 Å². The van der Waals surface area contributed by atoms with Crippen LogP contribution >= 0.6 is 0 Å². The van der Waals surface area contributed by atoms with Crippen LogP contribution in [0.1, 0.15) is 55.4 Å². The number of nitrogens with zero attached hydrogens (tertiary/aromatic N) is 2. The van der Waals surface area contributed by atoms with E-state index in [0.29, 0.717) is 17.5 Å². The van der Waals surface area contributed by atoms with Gasteiger partial charge < -0.3 is 10.2 Å². The first-order chi connectivity index (χ1) is 8.89. The molecule has 0 unspecified atom stereocenters. The lowest BCUT2D eigenvalue weighted by molar-refractivity contribution is 0.109. The summed E-state index contributed by atoms with van der Waals surface area (Å²) >= 11 is 0. The minimum absolute atomic E-state index is 0.189. The van der Waals surface area contributed by atoms with E-state index in [2.05, 4.69) is 84.6 Å². The molecule has 0 atom stereocenters. The molecule has 0 heterocycles. The zero-order valence-corrected chi connectivity index (χ0v) is 15.7. The lowest BCUT2D eigenvalue weighted by Gasteiger charge is -2.40. The van der Waals surface area contributed by atoms with Gasteiger partial charge in [-0.25, -0.2) is 0 Å². The Bertz CT molecular complexity index is 269. The van der Waals surface area contributed by atoms with Gasteiger partial charge in [0, 0.05) is 37.3 Å². The van der Waals surface area contributed by atoms with Crippen LogP contribution in [0.3, 0.4) is 0 Å². The van der Waals surface area contributed by atoms with Crippen molar-refractivity contribution in [2.45, 2.75) is 73.0 Å². The summed E-state index contributed by atoms with van der Waals surface area (Å²) in [5, 5.41) is 3.68. The van der Waals surface area contributed by atoms with E-state index in [4.69, 9.17) is 0 Å². The first kappa shape index (κ1) is 19.9. The van der Waals surface area contributed by atoms with Crippen LogP contribution in [0.4, 0.5) is 0 Å². The minimum atomic E-state index is 0.189. The van der Waals surface area contributed by atoms with Crippen molar-refractivity contribution in [2.75, 3.05) is 33.7 Å². The van der Waals surface area contributed by atoms with Gasteiger partial charge in [-0.3, -0.25) is 4.90 Å². The summed E-state index contributed by atoms with van der Waals surface area (Å²) in [5.74, 6) is 0. The first-order valence-corrected chi connectivity index (χ1v) is 8.03. The molecule has 0 aliphatic carbocycles. The molecule has 0 aromatic heterocycles. The summed E-state index contributed by atoms with van der Waals surface area (Å²) < 4.78 is 0. The standard InChI is InChI=1S/C17H39N3/c1-14(2)19(9)13-16(5,6)11-18-12-17(7,8)20(10)15(3)4/h14-15,18H,11-13H2,1-10H3. The van der Waals surface area contributed by atoms with Gasteiger partial charge in [-0.05, 0) is 61.1 Å². The molecule has 0 aliphatic heterocycles. The SMILES string of the molecule is CC(C)N(C)CC(C)(C)CNCC(C)(C)N(C)C(C)C. The highest BCUT2D eigenvalue weighted by atomic mass is 15.2. The predicted molar refractivity (Wildman–Crippen MR) is 91.4 cm³/mol. The normalized spacial score (nSPS) is 14.1. The van der Waals surface area contributed by atoms with Crippen LogP contribution in [0.2, 0.25) is 0 Å². The van der Waals surface area contributed by atoms with Gasteiger partial charge in [0.1, 0.15) is 0 Å². The van der Waals surface area contributed by atoms with Gasteiger partial charge in [-0.1, -0.05) is 13.8 Å². The molecule has 0 amide bonds. The van der Waals surface area contributed by atoms with Crippen molar-refractivity contribution in [3.8, 4) is 0 Å². The van der Waals surface area contributed by atoms with E-state index in [1.165, 1.54) is 0 Å². The van der Waals surface area contributed by atoms with Crippen LogP contribution in [0.15, 0.2) is 0 Å². The second kappa shape index (κ2) is 7.77. The van der Waals surface area contributed by atoms with Gasteiger partial charge in [0.2, 0.25) is 0 Å².